The molecule has 6 nitrogen and oxygen atoms in total. The van der Waals surface area contributed by atoms with Crippen molar-refractivity contribution in [2.75, 3.05) is 20.8 Å². The summed E-state index contributed by atoms with van der Waals surface area (Å²) in [6, 6.07) is 5.01. The Morgan fingerprint density at radius 2 is 2.08 bits per heavy atom. The summed E-state index contributed by atoms with van der Waals surface area (Å²) in [7, 11) is 2.92. The standard InChI is InChI=1S/C19H20O6/c1-19(11-22-2)10-17(24-14-6-5-13(20)9-14)15-8-12(18(21)23-3)4-7-16(15)25-19/h4,7-10H,5-6,11H2,1-3H3. The third kappa shape index (κ3) is 3.58. The van der Waals surface area contributed by atoms with E-state index in [0.717, 1.165) is 0 Å². The third-order valence-corrected chi connectivity index (χ3v) is 4.06. The van der Waals surface area contributed by atoms with E-state index in [0.29, 0.717) is 47.8 Å². The van der Waals surface area contributed by atoms with Gasteiger partial charge in [0, 0.05) is 32.1 Å². The number of hydrogen-bond donors (Lipinski definition) is 0. The highest BCUT2D eigenvalue weighted by Gasteiger charge is 2.33. The van der Waals surface area contributed by atoms with E-state index in [1.165, 1.54) is 13.2 Å². The first-order valence-corrected chi connectivity index (χ1v) is 7.99. The van der Waals surface area contributed by atoms with E-state index in [1.807, 2.05) is 13.0 Å². The number of ketones is 1. The van der Waals surface area contributed by atoms with Gasteiger partial charge in [-0.25, -0.2) is 4.79 Å². The van der Waals surface area contributed by atoms with Crippen LogP contribution >= 0.6 is 0 Å². The van der Waals surface area contributed by atoms with Crippen molar-refractivity contribution in [3.8, 4) is 5.75 Å². The van der Waals surface area contributed by atoms with Crippen LogP contribution < -0.4 is 4.74 Å². The average molecular weight is 344 g/mol. The third-order valence-electron chi connectivity index (χ3n) is 4.06. The van der Waals surface area contributed by atoms with Crippen LogP contribution in [0.5, 0.6) is 5.75 Å². The van der Waals surface area contributed by atoms with Gasteiger partial charge in [-0.05, 0) is 25.1 Å². The maximum absolute atomic E-state index is 11.8. The van der Waals surface area contributed by atoms with E-state index in [-0.39, 0.29) is 5.78 Å². The molecule has 0 saturated carbocycles. The number of esters is 1. The molecular formula is C19H20O6. The van der Waals surface area contributed by atoms with E-state index in [4.69, 9.17) is 18.9 Å². The zero-order valence-corrected chi connectivity index (χ0v) is 14.5. The zero-order chi connectivity index (χ0) is 18.0. The van der Waals surface area contributed by atoms with Gasteiger partial charge in [-0.3, -0.25) is 4.79 Å². The molecule has 1 aliphatic heterocycles. The molecule has 1 atom stereocenters. The van der Waals surface area contributed by atoms with Crippen molar-refractivity contribution in [1.29, 1.82) is 0 Å². The molecule has 1 aromatic carbocycles. The Labute approximate surface area is 146 Å². The number of methoxy groups -OCH3 is 2. The Balaban J connectivity index is 2.01. The van der Waals surface area contributed by atoms with Gasteiger partial charge in [-0.15, -0.1) is 0 Å². The maximum Gasteiger partial charge on any atom is 0.337 e. The summed E-state index contributed by atoms with van der Waals surface area (Å²) < 4.78 is 22.0. The fraction of sp³-hybridized carbons (Fsp3) is 0.368. The van der Waals surface area contributed by atoms with Gasteiger partial charge in [0.05, 0.1) is 24.8 Å². The van der Waals surface area contributed by atoms with Crippen LogP contribution in [-0.2, 0) is 19.0 Å². The summed E-state index contributed by atoms with van der Waals surface area (Å²) >= 11 is 0. The summed E-state index contributed by atoms with van der Waals surface area (Å²) in [5.74, 6) is 1.32. The normalized spacial score (nSPS) is 21.8. The van der Waals surface area contributed by atoms with E-state index in [1.54, 1.807) is 25.3 Å². The molecule has 0 N–H and O–H groups in total. The van der Waals surface area contributed by atoms with Crippen LogP contribution in [0, 0.1) is 0 Å². The predicted octanol–water partition coefficient (Wildman–Crippen LogP) is 2.88. The number of ether oxygens (including phenoxy) is 4. The van der Waals surface area contributed by atoms with E-state index in [9.17, 15) is 9.59 Å². The van der Waals surface area contributed by atoms with Gasteiger partial charge in [0.2, 0.25) is 0 Å². The van der Waals surface area contributed by atoms with Gasteiger partial charge in [0.1, 0.15) is 17.3 Å². The van der Waals surface area contributed by atoms with Crippen LogP contribution in [0.15, 0.2) is 36.1 Å². The van der Waals surface area contributed by atoms with Crippen molar-refractivity contribution < 1.29 is 28.5 Å². The molecule has 25 heavy (non-hydrogen) atoms. The molecule has 1 unspecified atom stereocenters. The molecule has 1 aromatic rings. The lowest BCUT2D eigenvalue weighted by Crippen LogP contribution is -2.38. The highest BCUT2D eigenvalue weighted by Crippen LogP contribution is 2.39. The van der Waals surface area contributed by atoms with Gasteiger partial charge >= 0.3 is 5.97 Å². The highest BCUT2D eigenvalue weighted by atomic mass is 16.5. The Hall–Kier alpha value is -2.60. The summed E-state index contributed by atoms with van der Waals surface area (Å²) in [5, 5.41) is 0. The van der Waals surface area contributed by atoms with E-state index >= 15 is 0 Å². The lowest BCUT2D eigenvalue weighted by atomic mass is 9.98. The van der Waals surface area contributed by atoms with Gasteiger partial charge in [-0.2, -0.15) is 0 Å². The lowest BCUT2D eigenvalue weighted by Gasteiger charge is -2.33. The summed E-state index contributed by atoms with van der Waals surface area (Å²) in [6.07, 6.45) is 4.32. The first-order chi connectivity index (χ1) is 11.9. The quantitative estimate of drug-likeness (QED) is 0.765. The number of allylic oxidation sites excluding steroid dienone is 2. The average Bonchev–Trinajstić information content (AvgIpc) is 2.98. The largest absolute Gasteiger partial charge is 0.480 e. The molecule has 3 rings (SSSR count). The topological polar surface area (TPSA) is 71.1 Å². The smallest absolute Gasteiger partial charge is 0.337 e. The number of hydrogen-bond acceptors (Lipinski definition) is 6. The van der Waals surface area contributed by atoms with Crippen LogP contribution in [0.1, 0.15) is 35.7 Å². The minimum atomic E-state index is -0.715. The second-order valence-corrected chi connectivity index (χ2v) is 6.24. The molecule has 0 spiro atoms. The number of rotatable bonds is 5. The second-order valence-electron chi connectivity index (χ2n) is 6.24. The monoisotopic (exact) mass is 344 g/mol. The van der Waals surface area contributed by atoms with E-state index < -0.39 is 11.6 Å². The Morgan fingerprint density at radius 1 is 1.28 bits per heavy atom. The van der Waals surface area contributed by atoms with Crippen molar-refractivity contribution in [1.82, 2.24) is 0 Å². The molecule has 0 amide bonds. The molecule has 6 heteroatoms. The van der Waals surface area contributed by atoms with Crippen molar-refractivity contribution >= 4 is 17.5 Å². The SMILES string of the molecule is COCC1(C)C=C(OC2=CC(=O)CC2)c2cc(C(=O)OC)ccc2O1. The molecule has 132 valence electrons. The van der Waals surface area contributed by atoms with Crippen molar-refractivity contribution in [2.45, 2.75) is 25.4 Å². The van der Waals surface area contributed by atoms with Crippen LogP contribution in [0.3, 0.4) is 0 Å². The van der Waals surface area contributed by atoms with Crippen molar-refractivity contribution in [3.05, 3.63) is 47.2 Å². The first kappa shape index (κ1) is 17.2. The summed E-state index contributed by atoms with van der Waals surface area (Å²) in [4.78, 5) is 23.3. The molecule has 0 aromatic heterocycles. The minimum absolute atomic E-state index is 0.0471. The maximum atomic E-state index is 11.8. The van der Waals surface area contributed by atoms with Crippen molar-refractivity contribution in [2.24, 2.45) is 0 Å². The molecule has 0 bridgehead atoms. The van der Waals surface area contributed by atoms with Crippen LogP contribution in [0.2, 0.25) is 0 Å². The summed E-state index contributed by atoms with van der Waals surface area (Å²) in [5.41, 5.74) is 0.315. The lowest BCUT2D eigenvalue weighted by molar-refractivity contribution is -0.114. The number of carbonyl (C=O) groups is 2. The van der Waals surface area contributed by atoms with Gasteiger partial charge in [0.15, 0.2) is 11.4 Å². The zero-order valence-electron chi connectivity index (χ0n) is 14.5. The van der Waals surface area contributed by atoms with E-state index in [2.05, 4.69) is 0 Å². The fourth-order valence-electron chi connectivity index (χ4n) is 2.93. The molecule has 1 heterocycles. The second kappa shape index (κ2) is 6.72. The number of fused-ring (bicyclic) bond motifs is 1. The predicted molar refractivity (Wildman–Crippen MR) is 90.1 cm³/mol. The Kier molecular flexibility index (Phi) is 4.63. The molecular weight excluding hydrogens is 324 g/mol. The number of benzene rings is 1. The van der Waals surface area contributed by atoms with Crippen LogP contribution in [-0.4, -0.2) is 38.2 Å². The molecule has 0 radical (unpaired) electrons. The van der Waals surface area contributed by atoms with Crippen LogP contribution in [0.25, 0.3) is 5.76 Å². The van der Waals surface area contributed by atoms with Crippen molar-refractivity contribution in [3.63, 3.8) is 0 Å². The highest BCUT2D eigenvalue weighted by molar-refractivity contribution is 5.93. The first-order valence-electron chi connectivity index (χ1n) is 7.99. The molecule has 0 saturated heterocycles. The van der Waals surface area contributed by atoms with Crippen LogP contribution in [0.4, 0.5) is 0 Å². The molecule has 0 fully saturated rings. The Bertz CT molecular complexity index is 776. The Morgan fingerprint density at radius 3 is 2.72 bits per heavy atom. The molecule has 2 aliphatic rings. The van der Waals surface area contributed by atoms with Gasteiger partial charge in [-0.1, -0.05) is 0 Å². The van der Waals surface area contributed by atoms with Gasteiger partial charge < -0.3 is 18.9 Å². The minimum Gasteiger partial charge on any atom is -0.480 e. The molecule has 1 aliphatic carbocycles. The van der Waals surface area contributed by atoms with Gasteiger partial charge in [0.25, 0.3) is 0 Å². The fourth-order valence-corrected chi connectivity index (χ4v) is 2.93. The summed E-state index contributed by atoms with van der Waals surface area (Å²) in [6.45, 7) is 2.21. The number of carbonyl (C=O) groups excluding carboxylic acids is 2.